The van der Waals surface area contributed by atoms with Crippen molar-refractivity contribution in [2.75, 3.05) is 20.8 Å². The quantitative estimate of drug-likeness (QED) is 0.584. The zero-order valence-corrected chi connectivity index (χ0v) is 8.48. The molecule has 0 spiro atoms. The summed E-state index contributed by atoms with van der Waals surface area (Å²) >= 11 is 0. The maximum absolute atomic E-state index is 11.2. The first-order chi connectivity index (χ1) is 7.08. The Morgan fingerprint density at radius 1 is 1.40 bits per heavy atom. The predicted octanol–water partition coefficient (Wildman–Crippen LogP) is -0.721. The number of amides is 2. The third-order valence-electron chi connectivity index (χ3n) is 2.02. The summed E-state index contributed by atoms with van der Waals surface area (Å²) in [4.78, 5) is 33.4. The van der Waals surface area contributed by atoms with Gasteiger partial charge in [0.15, 0.2) is 0 Å². The lowest BCUT2D eigenvalue weighted by molar-refractivity contribution is -0.151. The van der Waals surface area contributed by atoms with E-state index in [4.69, 9.17) is 0 Å². The average molecular weight is 216 g/mol. The third-order valence-corrected chi connectivity index (χ3v) is 2.02. The molecule has 1 rings (SSSR count). The summed E-state index contributed by atoms with van der Waals surface area (Å²) in [5.74, 6) is -1.57. The second-order valence-corrected chi connectivity index (χ2v) is 3.04. The van der Waals surface area contributed by atoms with Crippen molar-refractivity contribution in [3.05, 3.63) is 0 Å². The summed E-state index contributed by atoms with van der Waals surface area (Å²) < 4.78 is 8.92. The summed E-state index contributed by atoms with van der Waals surface area (Å²) in [5.41, 5.74) is 2.29. The van der Waals surface area contributed by atoms with Crippen LogP contribution in [0.3, 0.4) is 0 Å². The van der Waals surface area contributed by atoms with E-state index >= 15 is 0 Å². The van der Waals surface area contributed by atoms with E-state index < -0.39 is 23.9 Å². The van der Waals surface area contributed by atoms with Gasteiger partial charge in [0.05, 0.1) is 26.7 Å². The number of nitrogens with zero attached hydrogens (tertiary/aromatic N) is 1. The molecule has 7 nitrogen and oxygen atoms in total. The van der Waals surface area contributed by atoms with Crippen LogP contribution in [0.2, 0.25) is 0 Å². The van der Waals surface area contributed by atoms with E-state index in [9.17, 15) is 14.4 Å². The summed E-state index contributed by atoms with van der Waals surface area (Å²) in [6, 6.07) is 0. The van der Waals surface area contributed by atoms with Gasteiger partial charge in [-0.25, -0.2) is 9.80 Å². The Bertz CT molecular complexity index is 265. The normalized spacial score (nSPS) is 20.5. The van der Waals surface area contributed by atoms with E-state index in [0.29, 0.717) is 0 Å². The molecule has 1 aliphatic heterocycles. The van der Waals surface area contributed by atoms with Crippen LogP contribution < -0.4 is 5.43 Å². The maximum atomic E-state index is 11.2. The standard InChI is InChI=1S/C8H12N2O5/c1-14-7(12)5-3-6(11)9-10(4-5)8(13)15-2/h5H,3-4H2,1-2H3,(H,9,11). The van der Waals surface area contributed by atoms with E-state index in [1.165, 1.54) is 14.2 Å². The fourth-order valence-corrected chi connectivity index (χ4v) is 1.31. The molecule has 15 heavy (non-hydrogen) atoms. The highest BCUT2D eigenvalue weighted by Gasteiger charge is 2.33. The Morgan fingerprint density at radius 2 is 2.07 bits per heavy atom. The summed E-state index contributed by atoms with van der Waals surface area (Å²) in [5, 5.41) is 0.952. The van der Waals surface area contributed by atoms with Crippen LogP contribution in [0.1, 0.15) is 6.42 Å². The first-order valence-corrected chi connectivity index (χ1v) is 4.31. The van der Waals surface area contributed by atoms with E-state index in [2.05, 4.69) is 14.9 Å². The van der Waals surface area contributed by atoms with Crippen LogP contribution in [0.5, 0.6) is 0 Å². The van der Waals surface area contributed by atoms with Crippen molar-refractivity contribution in [2.45, 2.75) is 6.42 Å². The Balaban J connectivity index is 2.67. The molecule has 1 heterocycles. The van der Waals surface area contributed by atoms with Gasteiger partial charge in [-0.15, -0.1) is 0 Å². The van der Waals surface area contributed by atoms with Gasteiger partial charge in [-0.1, -0.05) is 0 Å². The number of esters is 1. The van der Waals surface area contributed by atoms with Gasteiger partial charge in [-0.3, -0.25) is 15.0 Å². The molecule has 0 aliphatic carbocycles. The molecular weight excluding hydrogens is 204 g/mol. The van der Waals surface area contributed by atoms with Crippen molar-refractivity contribution in [2.24, 2.45) is 5.92 Å². The number of hydrogen-bond donors (Lipinski definition) is 1. The van der Waals surface area contributed by atoms with Gasteiger partial charge in [0.2, 0.25) is 5.91 Å². The molecule has 1 saturated heterocycles. The van der Waals surface area contributed by atoms with Crippen LogP contribution in [-0.2, 0) is 19.1 Å². The number of ether oxygens (including phenoxy) is 2. The number of carbonyl (C=O) groups excluding carboxylic acids is 3. The van der Waals surface area contributed by atoms with Gasteiger partial charge in [0.25, 0.3) is 0 Å². The van der Waals surface area contributed by atoms with Gasteiger partial charge in [-0.2, -0.15) is 0 Å². The molecule has 0 aromatic rings. The second-order valence-electron chi connectivity index (χ2n) is 3.04. The van der Waals surface area contributed by atoms with Gasteiger partial charge in [-0.05, 0) is 0 Å². The summed E-state index contributed by atoms with van der Waals surface area (Å²) in [6.45, 7) is 0.0606. The lowest BCUT2D eigenvalue weighted by Crippen LogP contribution is -2.54. The zero-order valence-electron chi connectivity index (χ0n) is 8.48. The van der Waals surface area contributed by atoms with Gasteiger partial charge < -0.3 is 9.47 Å². The molecule has 1 fully saturated rings. The molecule has 0 aromatic carbocycles. The number of methoxy groups -OCH3 is 2. The molecule has 0 bridgehead atoms. The van der Waals surface area contributed by atoms with E-state index in [0.717, 1.165) is 5.01 Å². The highest BCUT2D eigenvalue weighted by molar-refractivity contribution is 5.86. The molecule has 84 valence electrons. The molecule has 0 saturated carbocycles. The van der Waals surface area contributed by atoms with Crippen molar-refractivity contribution >= 4 is 18.0 Å². The van der Waals surface area contributed by atoms with Gasteiger partial charge >= 0.3 is 12.1 Å². The highest BCUT2D eigenvalue weighted by Crippen LogP contribution is 2.12. The Hall–Kier alpha value is -1.79. The van der Waals surface area contributed by atoms with Gasteiger partial charge in [0, 0.05) is 6.42 Å². The SMILES string of the molecule is COC(=O)C1CC(=O)NN(C(=O)OC)C1. The Kier molecular flexibility index (Phi) is 3.48. The summed E-state index contributed by atoms with van der Waals surface area (Å²) in [7, 11) is 2.42. The minimum absolute atomic E-state index is 0.0141. The van der Waals surface area contributed by atoms with Crippen molar-refractivity contribution in [3.63, 3.8) is 0 Å². The maximum Gasteiger partial charge on any atom is 0.428 e. The number of hydrogen-bond acceptors (Lipinski definition) is 5. The van der Waals surface area contributed by atoms with Crippen LogP contribution in [0, 0.1) is 5.92 Å². The first kappa shape index (κ1) is 11.3. The number of hydrazine groups is 1. The molecule has 1 atom stereocenters. The molecular formula is C8H12N2O5. The van der Waals surface area contributed by atoms with Crippen LogP contribution in [0.15, 0.2) is 0 Å². The van der Waals surface area contributed by atoms with Crippen LogP contribution in [0.25, 0.3) is 0 Å². The van der Waals surface area contributed by atoms with Crippen molar-refractivity contribution in [1.29, 1.82) is 0 Å². The Labute approximate surface area is 86.3 Å². The molecule has 1 aliphatic rings. The smallest absolute Gasteiger partial charge is 0.428 e. The van der Waals surface area contributed by atoms with Gasteiger partial charge in [0.1, 0.15) is 0 Å². The number of rotatable bonds is 1. The third kappa shape index (κ3) is 2.58. The lowest BCUT2D eigenvalue weighted by Gasteiger charge is -2.29. The molecule has 0 radical (unpaired) electrons. The number of nitrogens with one attached hydrogen (secondary N) is 1. The largest absolute Gasteiger partial charge is 0.469 e. The number of carbonyl (C=O) groups is 3. The fourth-order valence-electron chi connectivity index (χ4n) is 1.31. The average Bonchev–Trinajstić information content (AvgIpc) is 2.26. The zero-order chi connectivity index (χ0) is 11.4. The van der Waals surface area contributed by atoms with Crippen LogP contribution >= 0.6 is 0 Å². The molecule has 0 aromatic heterocycles. The van der Waals surface area contributed by atoms with Crippen molar-refractivity contribution < 1.29 is 23.9 Å². The monoisotopic (exact) mass is 216 g/mol. The topological polar surface area (TPSA) is 84.9 Å². The van der Waals surface area contributed by atoms with Crippen molar-refractivity contribution in [1.82, 2.24) is 10.4 Å². The predicted molar refractivity (Wildman–Crippen MR) is 47.4 cm³/mol. The minimum atomic E-state index is -0.711. The summed E-state index contributed by atoms with van der Waals surface area (Å²) in [6.07, 6.45) is -0.697. The van der Waals surface area contributed by atoms with E-state index in [1.54, 1.807) is 0 Å². The minimum Gasteiger partial charge on any atom is -0.469 e. The van der Waals surface area contributed by atoms with Crippen molar-refractivity contribution in [3.8, 4) is 0 Å². The van der Waals surface area contributed by atoms with E-state index in [1.807, 2.05) is 0 Å². The molecule has 1 N–H and O–H groups in total. The highest BCUT2D eigenvalue weighted by atomic mass is 16.5. The first-order valence-electron chi connectivity index (χ1n) is 4.31. The van der Waals surface area contributed by atoms with E-state index in [-0.39, 0.29) is 13.0 Å². The van der Waals surface area contributed by atoms with Crippen LogP contribution in [-0.4, -0.2) is 43.7 Å². The van der Waals surface area contributed by atoms with Crippen LogP contribution in [0.4, 0.5) is 4.79 Å². The fraction of sp³-hybridized carbons (Fsp3) is 0.625. The lowest BCUT2D eigenvalue weighted by atomic mass is 10.0. The molecule has 7 heteroatoms. The molecule has 2 amide bonds. The Morgan fingerprint density at radius 3 is 2.60 bits per heavy atom. The second kappa shape index (κ2) is 4.63. The molecule has 1 unspecified atom stereocenters.